The van der Waals surface area contributed by atoms with Gasteiger partial charge in [-0.2, -0.15) is 0 Å². The number of hydrogen-bond acceptors (Lipinski definition) is 3. The topological polar surface area (TPSA) is 82.8 Å². The second-order valence-corrected chi connectivity index (χ2v) is 5.72. The van der Waals surface area contributed by atoms with Crippen LogP contribution in [0.1, 0.15) is 34.8 Å². The summed E-state index contributed by atoms with van der Waals surface area (Å²) in [6.45, 7) is 1.51. The van der Waals surface area contributed by atoms with Gasteiger partial charge in [-0.15, -0.1) is 0 Å². The van der Waals surface area contributed by atoms with Gasteiger partial charge in [0.05, 0.1) is 5.56 Å². The van der Waals surface area contributed by atoms with Gasteiger partial charge in [-0.25, -0.2) is 4.79 Å². The molecule has 2 heterocycles. The number of nitrogens with zero attached hydrogens (tertiary/aromatic N) is 2. The van der Waals surface area contributed by atoms with E-state index < -0.39 is 18.0 Å². The SMILES string of the molecule is Cn1cc(C(C(=O)O)N2CCCC2)c2cc(C(=O)O)ccc21. The van der Waals surface area contributed by atoms with Crippen LogP contribution in [0.5, 0.6) is 0 Å². The molecule has 1 saturated heterocycles. The Labute approximate surface area is 127 Å². The number of carboxylic acid groups (broad SMARTS) is 2. The molecule has 1 aliphatic rings. The zero-order chi connectivity index (χ0) is 15.9. The fourth-order valence-electron chi connectivity index (χ4n) is 3.26. The summed E-state index contributed by atoms with van der Waals surface area (Å²) in [5.74, 6) is -1.90. The molecule has 1 aromatic heterocycles. The maximum Gasteiger partial charge on any atom is 0.335 e. The molecule has 3 rings (SSSR count). The lowest BCUT2D eigenvalue weighted by atomic mass is 10.0. The van der Waals surface area contributed by atoms with Crippen LogP contribution in [0.25, 0.3) is 10.9 Å². The largest absolute Gasteiger partial charge is 0.480 e. The Morgan fingerprint density at radius 2 is 1.86 bits per heavy atom. The molecule has 1 unspecified atom stereocenters. The quantitative estimate of drug-likeness (QED) is 0.903. The van der Waals surface area contributed by atoms with E-state index in [1.807, 2.05) is 16.5 Å². The highest BCUT2D eigenvalue weighted by Crippen LogP contribution is 2.32. The van der Waals surface area contributed by atoms with Gasteiger partial charge in [-0.3, -0.25) is 9.69 Å². The Morgan fingerprint density at radius 1 is 1.18 bits per heavy atom. The van der Waals surface area contributed by atoms with Gasteiger partial charge in [0, 0.05) is 29.7 Å². The van der Waals surface area contributed by atoms with Crippen LogP contribution < -0.4 is 0 Å². The Kier molecular flexibility index (Phi) is 3.62. The fraction of sp³-hybridized carbons (Fsp3) is 0.375. The molecule has 0 bridgehead atoms. The number of aryl methyl sites for hydroxylation is 1. The number of benzene rings is 1. The highest BCUT2D eigenvalue weighted by molar-refractivity contribution is 5.96. The van der Waals surface area contributed by atoms with Crippen molar-refractivity contribution < 1.29 is 19.8 Å². The number of carbonyl (C=O) groups is 2. The third kappa shape index (κ3) is 2.35. The number of rotatable bonds is 4. The van der Waals surface area contributed by atoms with E-state index in [0.717, 1.165) is 31.4 Å². The van der Waals surface area contributed by atoms with Crippen LogP contribution in [-0.4, -0.2) is 44.7 Å². The molecular formula is C16H18N2O4. The zero-order valence-corrected chi connectivity index (χ0v) is 12.3. The van der Waals surface area contributed by atoms with Crippen molar-refractivity contribution in [3.63, 3.8) is 0 Å². The fourth-order valence-corrected chi connectivity index (χ4v) is 3.26. The lowest BCUT2D eigenvalue weighted by Gasteiger charge is -2.23. The van der Waals surface area contributed by atoms with E-state index in [9.17, 15) is 14.7 Å². The maximum absolute atomic E-state index is 11.8. The Bertz CT molecular complexity index is 744. The van der Waals surface area contributed by atoms with E-state index in [0.29, 0.717) is 10.9 Å². The molecule has 2 N–H and O–H groups in total. The predicted octanol–water partition coefficient (Wildman–Crippen LogP) is 2.10. The molecule has 1 aromatic carbocycles. The first kappa shape index (κ1) is 14.6. The molecule has 1 fully saturated rings. The smallest absolute Gasteiger partial charge is 0.335 e. The van der Waals surface area contributed by atoms with Crippen LogP contribution in [0.15, 0.2) is 24.4 Å². The van der Waals surface area contributed by atoms with Crippen LogP contribution in [0.4, 0.5) is 0 Å². The minimum Gasteiger partial charge on any atom is -0.480 e. The first-order valence-corrected chi connectivity index (χ1v) is 7.28. The van der Waals surface area contributed by atoms with Crippen LogP contribution in [0.2, 0.25) is 0 Å². The average molecular weight is 302 g/mol. The molecule has 1 aliphatic heterocycles. The number of carboxylic acids is 2. The Balaban J connectivity index is 2.17. The highest BCUT2D eigenvalue weighted by atomic mass is 16.4. The average Bonchev–Trinajstić information content (AvgIpc) is 3.08. The molecule has 2 aromatic rings. The van der Waals surface area contributed by atoms with Gasteiger partial charge in [-0.05, 0) is 44.1 Å². The van der Waals surface area contributed by atoms with Crippen molar-refractivity contribution in [3.8, 4) is 0 Å². The van der Waals surface area contributed by atoms with Crippen LogP contribution >= 0.6 is 0 Å². The van der Waals surface area contributed by atoms with Crippen molar-refractivity contribution in [2.24, 2.45) is 7.05 Å². The molecule has 0 saturated carbocycles. The van der Waals surface area contributed by atoms with Gasteiger partial charge in [0.15, 0.2) is 0 Å². The van der Waals surface area contributed by atoms with Crippen molar-refractivity contribution in [1.82, 2.24) is 9.47 Å². The molecule has 6 nitrogen and oxygen atoms in total. The third-order valence-corrected chi connectivity index (χ3v) is 4.30. The van der Waals surface area contributed by atoms with Crippen LogP contribution in [-0.2, 0) is 11.8 Å². The van der Waals surface area contributed by atoms with Gasteiger partial charge < -0.3 is 14.8 Å². The van der Waals surface area contributed by atoms with Crippen molar-refractivity contribution in [2.75, 3.05) is 13.1 Å². The molecule has 6 heteroatoms. The zero-order valence-electron chi connectivity index (χ0n) is 12.3. The summed E-state index contributed by atoms with van der Waals surface area (Å²) in [6, 6.07) is 4.11. The summed E-state index contributed by atoms with van der Waals surface area (Å²) in [6.07, 6.45) is 3.79. The second-order valence-electron chi connectivity index (χ2n) is 5.72. The van der Waals surface area contributed by atoms with Gasteiger partial charge in [-0.1, -0.05) is 0 Å². The van der Waals surface area contributed by atoms with Gasteiger partial charge >= 0.3 is 11.9 Å². The van der Waals surface area contributed by atoms with E-state index in [4.69, 9.17) is 5.11 Å². The summed E-state index contributed by atoms with van der Waals surface area (Å²) in [5, 5.41) is 19.5. The number of aromatic carboxylic acids is 1. The Hall–Kier alpha value is -2.34. The normalized spacial score (nSPS) is 17.0. The monoisotopic (exact) mass is 302 g/mol. The van der Waals surface area contributed by atoms with E-state index in [-0.39, 0.29) is 5.56 Å². The summed E-state index contributed by atoms with van der Waals surface area (Å²) >= 11 is 0. The number of likely N-dealkylation sites (tertiary alicyclic amines) is 1. The van der Waals surface area contributed by atoms with Crippen LogP contribution in [0, 0.1) is 0 Å². The summed E-state index contributed by atoms with van der Waals surface area (Å²) in [4.78, 5) is 24.9. The first-order chi connectivity index (χ1) is 10.5. The molecule has 0 radical (unpaired) electrons. The lowest BCUT2D eigenvalue weighted by molar-refractivity contribution is -0.143. The molecular weight excluding hydrogens is 284 g/mol. The molecule has 0 spiro atoms. The van der Waals surface area contributed by atoms with Crippen LogP contribution in [0.3, 0.4) is 0 Å². The Morgan fingerprint density at radius 3 is 2.45 bits per heavy atom. The van der Waals surface area contributed by atoms with Gasteiger partial charge in [0.2, 0.25) is 0 Å². The molecule has 116 valence electrons. The standard InChI is InChI=1S/C16H18N2O4/c1-17-9-12(14(16(21)22)18-6-2-3-7-18)11-8-10(15(19)20)4-5-13(11)17/h4-5,8-9,14H,2-3,6-7H2,1H3,(H,19,20)(H,21,22). The second kappa shape index (κ2) is 5.46. The maximum atomic E-state index is 11.8. The van der Waals surface area contributed by atoms with E-state index in [1.165, 1.54) is 0 Å². The van der Waals surface area contributed by atoms with E-state index in [2.05, 4.69) is 0 Å². The molecule has 22 heavy (non-hydrogen) atoms. The molecule has 1 atom stereocenters. The predicted molar refractivity (Wildman–Crippen MR) is 81.1 cm³/mol. The minimum atomic E-state index is -1.01. The third-order valence-electron chi connectivity index (χ3n) is 4.30. The first-order valence-electron chi connectivity index (χ1n) is 7.28. The highest BCUT2D eigenvalue weighted by Gasteiger charge is 2.32. The lowest BCUT2D eigenvalue weighted by Crippen LogP contribution is -2.31. The van der Waals surface area contributed by atoms with E-state index in [1.54, 1.807) is 24.4 Å². The summed E-state index contributed by atoms with van der Waals surface area (Å²) in [7, 11) is 1.84. The molecule has 0 amide bonds. The molecule has 0 aliphatic carbocycles. The number of aliphatic carboxylic acids is 1. The van der Waals surface area contributed by atoms with Crippen molar-refractivity contribution in [2.45, 2.75) is 18.9 Å². The number of fused-ring (bicyclic) bond motifs is 1. The van der Waals surface area contributed by atoms with Crippen molar-refractivity contribution in [1.29, 1.82) is 0 Å². The minimum absolute atomic E-state index is 0.172. The number of hydrogen-bond donors (Lipinski definition) is 2. The summed E-state index contributed by atoms with van der Waals surface area (Å²) in [5.41, 5.74) is 1.67. The van der Waals surface area contributed by atoms with Crippen molar-refractivity contribution in [3.05, 3.63) is 35.5 Å². The van der Waals surface area contributed by atoms with Gasteiger partial charge in [0.25, 0.3) is 0 Å². The van der Waals surface area contributed by atoms with E-state index >= 15 is 0 Å². The summed E-state index contributed by atoms with van der Waals surface area (Å²) < 4.78 is 1.85. The van der Waals surface area contributed by atoms with Gasteiger partial charge in [0.1, 0.15) is 6.04 Å². The number of aromatic nitrogens is 1. The van der Waals surface area contributed by atoms with Crippen molar-refractivity contribution >= 4 is 22.8 Å².